The van der Waals surface area contributed by atoms with Crippen molar-refractivity contribution in [3.05, 3.63) is 102 Å². The molecule has 0 radical (unpaired) electrons. The summed E-state index contributed by atoms with van der Waals surface area (Å²) in [6, 6.07) is 29.6. The Balaban J connectivity index is 1.68. The van der Waals surface area contributed by atoms with Gasteiger partial charge in [-0.2, -0.15) is 15.3 Å². The predicted octanol–water partition coefficient (Wildman–Crippen LogP) is 4.83. The number of rotatable bonds is 6. The third-order valence-corrected chi connectivity index (χ3v) is 4.37. The first-order valence-corrected chi connectivity index (χ1v) is 9.16. The molecular weight excluding hydrogens is 360 g/mol. The van der Waals surface area contributed by atoms with Crippen LogP contribution in [0.4, 0.5) is 23.1 Å². The van der Waals surface area contributed by atoms with Crippen LogP contribution in [0.3, 0.4) is 0 Å². The number of hydrogen-bond donors (Lipinski definition) is 1. The number of benzene rings is 3. The van der Waals surface area contributed by atoms with Crippen LogP contribution >= 0.6 is 0 Å². The van der Waals surface area contributed by atoms with Crippen LogP contribution in [0.1, 0.15) is 11.1 Å². The zero-order valence-electron chi connectivity index (χ0n) is 15.6. The lowest BCUT2D eigenvalue weighted by atomic mass is 10.2. The Bertz CT molecular complexity index is 1120. The van der Waals surface area contributed by atoms with E-state index in [0.717, 1.165) is 11.3 Å². The van der Waals surface area contributed by atoms with Gasteiger partial charge in [0, 0.05) is 12.2 Å². The van der Waals surface area contributed by atoms with Gasteiger partial charge in [-0.15, -0.1) is 5.10 Å². The van der Waals surface area contributed by atoms with Gasteiger partial charge in [0.1, 0.15) is 6.07 Å². The van der Waals surface area contributed by atoms with Gasteiger partial charge in [-0.25, -0.2) is 0 Å². The highest BCUT2D eigenvalue weighted by Crippen LogP contribution is 2.26. The average molecular weight is 378 g/mol. The van der Waals surface area contributed by atoms with Crippen LogP contribution in [-0.2, 0) is 6.54 Å². The van der Waals surface area contributed by atoms with Crippen LogP contribution in [0.2, 0.25) is 0 Å². The van der Waals surface area contributed by atoms with Gasteiger partial charge in [-0.3, -0.25) is 0 Å². The van der Waals surface area contributed by atoms with Gasteiger partial charge in [0.25, 0.3) is 0 Å². The number of para-hydroxylation sites is 2. The van der Waals surface area contributed by atoms with Crippen LogP contribution in [0.15, 0.2) is 91.1 Å². The maximum atomic E-state index is 9.30. The molecule has 3 aromatic carbocycles. The standard InChI is InChI=1S/C23H18N6/c24-15-19-11-7-8-14-21(19)26-23-27-22(16-25-28-23)29(20-12-5-2-6-13-20)17-18-9-3-1-4-10-18/h1-14,16H,17H2,(H,26,27,28). The number of hydrogen-bond acceptors (Lipinski definition) is 6. The fourth-order valence-corrected chi connectivity index (χ4v) is 2.97. The molecule has 1 heterocycles. The van der Waals surface area contributed by atoms with Crippen molar-refractivity contribution in [2.45, 2.75) is 6.54 Å². The van der Waals surface area contributed by atoms with E-state index in [1.807, 2.05) is 66.7 Å². The Morgan fingerprint density at radius 3 is 2.31 bits per heavy atom. The summed E-state index contributed by atoms with van der Waals surface area (Å²) in [6.07, 6.45) is 1.64. The van der Waals surface area contributed by atoms with E-state index in [1.54, 1.807) is 12.3 Å². The third kappa shape index (κ3) is 4.37. The number of aromatic nitrogens is 3. The molecule has 0 spiro atoms. The molecule has 0 fully saturated rings. The molecule has 0 unspecified atom stereocenters. The zero-order valence-corrected chi connectivity index (χ0v) is 15.6. The summed E-state index contributed by atoms with van der Waals surface area (Å²) >= 11 is 0. The first-order chi connectivity index (χ1) is 14.3. The predicted molar refractivity (Wildman–Crippen MR) is 113 cm³/mol. The molecule has 0 aliphatic rings. The van der Waals surface area contributed by atoms with Crippen molar-refractivity contribution < 1.29 is 0 Å². The molecule has 0 bridgehead atoms. The first kappa shape index (κ1) is 18.1. The van der Waals surface area contributed by atoms with Crippen molar-refractivity contribution in [1.82, 2.24) is 15.2 Å². The summed E-state index contributed by atoms with van der Waals surface area (Å²) in [4.78, 5) is 6.72. The van der Waals surface area contributed by atoms with E-state index >= 15 is 0 Å². The molecule has 0 saturated heterocycles. The van der Waals surface area contributed by atoms with Crippen LogP contribution in [0.25, 0.3) is 0 Å². The molecule has 0 aliphatic heterocycles. The summed E-state index contributed by atoms with van der Waals surface area (Å²) in [5.74, 6) is 0.992. The largest absolute Gasteiger partial charge is 0.322 e. The number of nitrogens with one attached hydrogen (secondary N) is 1. The SMILES string of the molecule is N#Cc1ccccc1Nc1nncc(N(Cc2ccccc2)c2ccccc2)n1. The van der Waals surface area contributed by atoms with Gasteiger partial charge in [0.15, 0.2) is 5.82 Å². The lowest BCUT2D eigenvalue weighted by Crippen LogP contribution is -2.18. The van der Waals surface area contributed by atoms with E-state index in [1.165, 1.54) is 0 Å². The number of nitrogens with zero attached hydrogens (tertiary/aromatic N) is 5. The fourth-order valence-electron chi connectivity index (χ4n) is 2.97. The molecule has 0 aliphatic carbocycles. The smallest absolute Gasteiger partial charge is 0.249 e. The first-order valence-electron chi connectivity index (χ1n) is 9.16. The summed E-state index contributed by atoms with van der Waals surface area (Å²) < 4.78 is 0. The summed E-state index contributed by atoms with van der Waals surface area (Å²) in [5, 5.41) is 20.6. The summed E-state index contributed by atoms with van der Waals surface area (Å²) in [6.45, 7) is 0.637. The highest BCUT2D eigenvalue weighted by molar-refractivity contribution is 5.65. The lowest BCUT2D eigenvalue weighted by Gasteiger charge is -2.24. The minimum atomic E-state index is 0.333. The molecule has 0 amide bonds. The molecule has 0 saturated carbocycles. The summed E-state index contributed by atoms with van der Waals surface area (Å²) in [7, 11) is 0. The van der Waals surface area contributed by atoms with Crippen molar-refractivity contribution in [1.29, 1.82) is 5.26 Å². The van der Waals surface area contributed by atoms with Crippen LogP contribution in [0.5, 0.6) is 0 Å². The van der Waals surface area contributed by atoms with Crippen LogP contribution in [-0.4, -0.2) is 15.2 Å². The Labute approximate surface area is 169 Å². The monoisotopic (exact) mass is 378 g/mol. The average Bonchev–Trinajstić information content (AvgIpc) is 2.79. The Kier molecular flexibility index (Phi) is 5.40. The van der Waals surface area contributed by atoms with E-state index < -0.39 is 0 Å². The van der Waals surface area contributed by atoms with E-state index in [0.29, 0.717) is 29.6 Å². The second-order valence-electron chi connectivity index (χ2n) is 6.33. The van der Waals surface area contributed by atoms with E-state index in [2.05, 4.69) is 43.6 Å². The molecule has 4 rings (SSSR count). The topological polar surface area (TPSA) is 77.7 Å². The lowest BCUT2D eigenvalue weighted by molar-refractivity contribution is 0.900. The van der Waals surface area contributed by atoms with E-state index in [4.69, 9.17) is 0 Å². The van der Waals surface area contributed by atoms with Crippen molar-refractivity contribution >= 4 is 23.1 Å². The second kappa shape index (κ2) is 8.63. The Hall–Kier alpha value is -4.24. The fraction of sp³-hybridized carbons (Fsp3) is 0.0435. The second-order valence-corrected chi connectivity index (χ2v) is 6.33. The van der Waals surface area contributed by atoms with Gasteiger partial charge in [0.2, 0.25) is 5.95 Å². The number of anilines is 4. The minimum Gasteiger partial charge on any atom is -0.322 e. The van der Waals surface area contributed by atoms with E-state index in [-0.39, 0.29) is 0 Å². The molecule has 6 heteroatoms. The molecule has 4 aromatic rings. The molecule has 0 atom stereocenters. The zero-order chi connectivity index (χ0) is 19.9. The van der Waals surface area contributed by atoms with Gasteiger partial charge in [0.05, 0.1) is 17.4 Å². The highest BCUT2D eigenvalue weighted by Gasteiger charge is 2.14. The van der Waals surface area contributed by atoms with Crippen molar-refractivity contribution in [2.24, 2.45) is 0 Å². The molecule has 140 valence electrons. The molecule has 1 aromatic heterocycles. The number of nitriles is 1. The van der Waals surface area contributed by atoms with Crippen LogP contribution in [0, 0.1) is 11.3 Å². The molecule has 1 N–H and O–H groups in total. The minimum absolute atomic E-state index is 0.333. The quantitative estimate of drug-likeness (QED) is 0.518. The van der Waals surface area contributed by atoms with Gasteiger partial charge >= 0.3 is 0 Å². The molecule has 29 heavy (non-hydrogen) atoms. The van der Waals surface area contributed by atoms with E-state index in [9.17, 15) is 5.26 Å². The van der Waals surface area contributed by atoms with Gasteiger partial charge < -0.3 is 10.2 Å². The normalized spacial score (nSPS) is 10.2. The maximum absolute atomic E-state index is 9.30. The Morgan fingerprint density at radius 2 is 1.55 bits per heavy atom. The van der Waals surface area contributed by atoms with Gasteiger partial charge in [-0.05, 0) is 29.8 Å². The summed E-state index contributed by atoms with van der Waals surface area (Å²) in [5.41, 5.74) is 3.31. The van der Waals surface area contributed by atoms with Gasteiger partial charge in [-0.1, -0.05) is 60.7 Å². The maximum Gasteiger partial charge on any atom is 0.249 e. The van der Waals surface area contributed by atoms with Crippen LogP contribution < -0.4 is 10.2 Å². The third-order valence-electron chi connectivity index (χ3n) is 4.37. The van der Waals surface area contributed by atoms with Crippen molar-refractivity contribution in [3.8, 4) is 6.07 Å². The highest BCUT2D eigenvalue weighted by atomic mass is 15.3. The Morgan fingerprint density at radius 1 is 0.862 bits per heavy atom. The van der Waals surface area contributed by atoms with Crippen molar-refractivity contribution in [3.63, 3.8) is 0 Å². The molecular formula is C23H18N6. The molecule has 6 nitrogen and oxygen atoms in total. The van der Waals surface area contributed by atoms with Crippen molar-refractivity contribution in [2.75, 3.05) is 10.2 Å².